The molecule has 0 saturated heterocycles. The first-order valence-electron chi connectivity index (χ1n) is 16.2. The molecule has 0 aromatic heterocycles. The van der Waals surface area contributed by atoms with Crippen molar-refractivity contribution >= 4 is 6.16 Å². The average Bonchev–Trinajstić information content (AvgIpc) is 3.21. The highest BCUT2D eigenvalue weighted by molar-refractivity contribution is 5.60. The van der Waals surface area contributed by atoms with Crippen LogP contribution in [0.15, 0.2) is 11.6 Å². The van der Waals surface area contributed by atoms with Crippen LogP contribution in [0.3, 0.4) is 0 Å². The van der Waals surface area contributed by atoms with Gasteiger partial charge in [-0.15, -0.1) is 0 Å². The average molecular weight is 515 g/mol. The van der Waals surface area contributed by atoms with E-state index in [-0.39, 0.29) is 6.10 Å². The lowest BCUT2D eigenvalue weighted by atomic mass is 9.47. The van der Waals surface area contributed by atoms with Crippen molar-refractivity contribution in [2.45, 2.75) is 144 Å². The predicted octanol–water partition coefficient (Wildman–Crippen LogP) is 10.1. The van der Waals surface area contributed by atoms with E-state index in [0.717, 1.165) is 67.6 Å². The molecule has 0 aromatic carbocycles. The summed E-state index contributed by atoms with van der Waals surface area (Å²) >= 11 is 0. The molecule has 0 aromatic rings. The number of carbonyl (C=O) groups excluding carboxylic acids is 1. The summed E-state index contributed by atoms with van der Waals surface area (Å²) in [6.45, 7) is 15.2. The number of allylic oxidation sites excluding steroid dienone is 1. The van der Waals surface area contributed by atoms with Crippen molar-refractivity contribution in [3.8, 4) is 0 Å². The summed E-state index contributed by atoms with van der Waals surface area (Å²) < 4.78 is 11.2. The number of ether oxygens (including phenoxy) is 2. The zero-order valence-electron chi connectivity index (χ0n) is 25.2. The van der Waals surface area contributed by atoms with Crippen LogP contribution < -0.4 is 0 Å². The van der Waals surface area contributed by atoms with Crippen molar-refractivity contribution < 1.29 is 14.3 Å². The first-order valence-corrected chi connectivity index (χ1v) is 16.2. The molecule has 4 aliphatic rings. The number of fused-ring (bicyclic) bond motifs is 5. The summed E-state index contributed by atoms with van der Waals surface area (Å²) in [7, 11) is 0. The van der Waals surface area contributed by atoms with Gasteiger partial charge in [0.05, 0.1) is 6.61 Å². The third-order valence-electron chi connectivity index (χ3n) is 11.7. The van der Waals surface area contributed by atoms with E-state index in [2.05, 4.69) is 47.6 Å². The van der Waals surface area contributed by atoms with E-state index in [1.165, 1.54) is 64.2 Å². The molecule has 4 aliphatic carbocycles. The Morgan fingerprint density at radius 2 is 1.78 bits per heavy atom. The Labute approximate surface area is 228 Å². The summed E-state index contributed by atoms with van der Waals surface area (Å²) in [5.41, 5.74) is 2.43. The normalized spacial score (nSPS) is 37.8. The number of unbranched alkanes of at least 4 members (excludes halogenated alkanes) is 3. The molecule has 3 fully saturated rings. The first-order chi connectivity index (χ1) is 17.7. The van der Waals surface area contributed by atoms with E-state index < -0.39 is 6.16 Å². The van der Waals surface area contributed by atoms with Gasteiger partial charge in [-0.2, -0.15) is 0 Å². The van der Waals surface area contributed by atoms with Gasteiger partial charge < -0.3 is 9.47 Å². The largest absolute Gasteiger partial charge is 0.508 e. The fourth-order valence-electron chi connectivity index (χ4n) is 9.61. The molecular weight excluding hydrogens is 456 g/mol. The maximum atomic E-state index is 12.3. The molecule has 3 heteroatoms. The second-order valence-electron chi connectivity index (χ2n) is 14.4. The van der Waals surface area contributed by atoms with Crippen molar-refractivity contribution in [1.29, 1.82) is 0 Å². The standard InChI is InChI=1S/C34H58O3/c1-7-8-9-10-22-36-32(35)37-27-18-20-33(5)26(23-27)14-15-28-30-17-16-29(25(4)13-11-12-24(2)3)34(30,6)21-19-31(28)33/h14,24-25,27-31H,7-13,15-23H2,1-6H3. The molecule has 0 amide bonds. The molecule has 0 aliphatic heterocycles. The fraction of sp³-hybridized carbons (Fsp3) is 0.912. The van der Waals surface area contributed by atoms with Gasteiger partial charge in [-0.1, -0.05) is 91.7 Å². The SMILES string of the molecule is CCCCCCOC(=O)OC1CCC2(C)C(=CCC3C2CCC2(C)C(C(C)CCCC(C)C)CCC32)C1. The Hall–Kier alpha value is -0.990. The van der Waals surface area contributed by atoms with Crippen LogP contribution in [-0.4, -0.2) is 18.9 Å². The summed E-state index contributed by atoms with van der Waals surface area (Å²) in [5, 5.41) is 0. The highest BCUT2D eigenvalue weighted by Gasteiger charge is 2.59. The van der Waals surface area contributed by atoms with Crippen LogP contribution in [0.1, 0.15) is 138 Å². The molecule has 4 rings (SSSR count). The number of carbonyl (C=O) groups is 1. The molecule has 0 spiro atoms. The summed E-state index contributed by atoms with van der Waals surface area (Å²) in [6.07, 6.45) is 20.8. The molecular formula is C34H58O3. The second-order valence-corrected chi connectivity index (χ2v) is 14.4. The van der Waals surface area contributed by atoms with Crippen molar-refractivity contribution in [2.24, 2.45) is 46.3 Å². The summed E-state index contributed by atoms with van der Waals surface area (Å²) in [6, 6.07) is 0. The lowest BCUT2D eigenvalue weighted by Crippen LogP contribution is -2.51. The lowest BCUT2D eigenvalue weighted by molar-refractivity contribution is -0.0617. The van der Waals surface area contributed by atoms with Crippen molar-refractivity contribution in [3.05, 3.63) is 11.6 Å². The van der Waals surface area contributed by atoms with E-state index in [1.54, 1.807) is 5.57 Å². The smallest absolute Gasteiger partial charge is 0.434 e. The van der Waals surface area contributed by atoms with Crippen LogP contribution in [0.2, 0.25) is 0 Å². The third kappa shape index (κ3) is 6.27. The van der Waals surface area contributed by atoms with E-state index in [9.17, 15) is 4.79 Å². The van der Waals surface area contributed by atoms with E-state index in [1.807, 2.05) is 0 Å². The van der Waals surface area contributed by atoms with Gasteiger partial charge >= 0.3 is 6.16 Å². The predicted molar refractivity (Wildman–Crippen MR) is 153 cm³/mol. The Morgan fingerprint density at radius 3 is 2.54 bits per heavy atom. The van der Waals surface area contributed by atoms with Gasteiger partial charge in [-0.25, -0.2) is 4.79 Å². The Bertz CT molecular complexity index is 786. The summed E-state index contributed by atoms with van der Waals surface area (Å²) in [5.74, 6) is 5.18. The Balaban J connectivity index is 1.34. The van der Waals surface area contributed by atoms with Crippen LogP contribution >= 0.6 is 0 Å². The lowest BCUT2D eigenvalue weighted by Gasteiger charge is -2.58. The first kappa shape index (κ1) is 29.0. The molecule has 3 nitrogen and oxygen atoms in total. The van der Waals surface area contributed by atoms with Crippen molar-refractivity contribution in [1.82, 2.24) is 0 Å². The Morgan fingerprint density at radius 1 is 0.973 bits per heavy atom. The van der Waals surface area contributed by atoms with Gasteiger partial charge in [0.15, 0.2) is 0 Å². The van der Waals surface area contributed by atoms with Crippen LogP contribution in [0.5, 0.6) is 0 Å². The highest BCUT2D eigenvalue weighted by atomic mass is 16.7. The van der Waals surface area contributed by atoms with Gasteiger partial charge in [0.1, 0.15) is 6.10 Å². The minimum Gasteiger partial charge on any atom is -0.434 e. The van der Waals surface area contributed by atoms with Crippen LogP contribution in [-0.2, 0) is 9.47 Å². The number of rotatable bonds is 11. The van der Waals surface area contributed by atoms with Crippen molar-refractivity contribution in [3.63, 3.8) is 0 Å². The number of hydrogen-bond donors (Lipinski definition) is 0. The molecule has 3 saturated carbocycles. The van der Waals surface area contributed by atoms with Gasteiger partial charge in [0.25, 0.3) is 0 Å². The zero-order valence-corrected chi connectivity index (χ0v) is 25.2. The third-order valence-corrected chi connectivity index (χ3v) is 11.7. The van der Waals surface area contributed by atoms with Crippen LogP contribution in [0.4, 0.5) is 4.79 Å². The van der Waals surface area contributed by atoms with Crippen LogP contribution in [0, 0.1) is 46.3 Å². The van der Waals surface area contributed by atoms with Crippen molar-refractivity contribution in [2.75, 3.05) is 6.61 Å². The molecule has 8 atom stereocenters. The molecule has 0 bridgehead atoms. The quantitative estimate of drug-likeness (QED) is 0.156. The van der Waals surface area contributed by atoms with Gasteiger partial charge in [-0.3, -0.25) is 0 Å². The monoisotopic (exact) mass is 514 g/mol. The maximum Gasteiger partial charge on any atom is 0.508 e. The Kier molecular flexibility index (Phi) is 9.77. The molecule has 0 heterocycles. The van der Waals surface area contributed by atoms with Crippen LogP contribution in [0.25, 0.3) is 0 Å². The minimum absolute atomic E-state index is 0.00424. The topological polar surface area (TPSA) is 35.5 Å². The van der Waals surface area contributed by atoms with Gasteiger partial charge in [0, 0.05) is 6.42 Å². The van der Waals surface area contributed by atoms with Gasteiger partial charge in [0.2, 0.25) is 0 Å². The van der Waals surface area contributed by atoms with E-state index in [0.29, 0.717) is 17.4 Å². The molecule has 37 heavy (non-hydrogen) atoms. The summed E-state index contributed by atoms with van der Waals surface area (Å²) in [4.78, 5) is 12.3. The maximum absolute atomic E-state index is 12.3. The van der Waals surface area contributed by atoms with Gasteiger partial charge in [-0.05, 0) is 97.7 Å². The number of hydrogen-bond acceptors (Lipinski definition) is 3. The molecule has 0 radical (unpaired) electrons. The van der Waals surface area contributed by atoms with E-state index >= 15 is 0 Å². The molecule has 212 valence electrons. The second kappa shape index (κ2) is 12.5. The van der Waals surface area contributed by atoms with E-state index in [4.69, 9.17) is 9.47 Å². The zero-order chi connectivity index (χ0) is 26.6. The fourth-order valence-corrected chi connectivity index (χ4v) is 9.61. The molecule has 8 unspecified atom stereocenters. The minimum atomic E-state index is -0.452. The molecule has 0 N–H and O–H groups in total. The highest BCUT2D eigenvalue weighted by Crippen LogP contribution is 2.67.